The number of alkyl halides is 3. The molecule has 1 amide bonds. The Hall–Kier alpha value is -1.69. The van der Waals surface area contributed by atoms with Crippen LogP contribution in [0.5, 0.6) is 0 Å². The number of rotatable bonds is 10. The lowest BCUT2D eigenvalue weighted by Crippen LogP contribution is -2.53. The molecular weight excluding hydrogens is 437 g/mol. The van der Waals surface area contributed by atoms with Crippen molar-refractivity contribution in [3.63, 3.8) is 0 Å². The second kappa shape index (κ2) is 10.8. The van der Waals surface area contributed by atoms with Gasteiger partial charge in [0.05, 0.1) is 23.5 Å². The highest BCUT2D eigenvalue weighted by Crippen LogP contribution is 2.38. The zero-order chi connectivity index (χ0) is 23.1. The van der Waals surface area contributed by atoms with E-state index >= 15 is 0 Å². The molecule has 1 aromatic rings. The van der Waals surface area contributed by atoms with Gasteiger partial charge < -0.3 is 15.2 Å². The number of aliphatic hydroxyl groups excluding tert-OH is 1. The summed E-state index contributed by atoms with van der Waals surface area (Å²) >= 11 is 0. The molecule has 11 heteroatoms. The molecule has 0 spiro atoms. The van der Waals surface area contributed by atoms with Gasteiger partial charge in [-0.2, -0.15) is 17.5 Å². The van der Waals surface area contributed by atoms with Crippen LogP contribution in [0.4, 0.5) is 13.2 Å². The van der Waals surface area contributed by atoms with Gasteiger partial charge in [0.2, 0.25) is 15.9 Å². The van der Waals surface area contributed by atoms with Crippen LogP contribution in [-0.2, 0) is 25.7 Å². The maximum atomic E-state index is 13.1. The summed E-state index contributed by atoms with van der Waals surface area (Å²) in [6.07, 6.45) is -0.858. The minimum Gasteiger partial charge on any atom is -0.396 e. The number of nitrogens with zero attached hydrogens (tertiary/aromatic N) is 1. The zero-order valence-corrected chi connectivity index (χ0v) is 18.3. The summed E-state index contributed by atoms with van der Waals surface area (Å²) in [4.78, 5) is 11.6. The van der Waals surface area contributed by atoms with Gasteiger partial charge in [-0.3, -0.25) is 4.79 Å². The Bertz CT molecular complexity index is 822. The zero-order valence-electron chi connectivity index (χ0n) is 17.5. The van der Waals surface area contributed by atoms with Gasteiger partial charge in [0.15, 0.2) is 0 Å². The number of amides is 1. The van der Waals surface area contributed by atoms with Crippen LogP contribution in [0.1, 0.15) is 50.5 Å². The van der Waals surface area contributed by atoms with Crippen LogP contribution in [-0.4, -0.2) is 56.3 Å². The third-order valence-electron chi connectivity index (χ3n) is 5.41. The van der Waals surface area contributed by atoms with Gasteiger partial charge in [-0.05, 0) is 56.4 Å². The Morgan fingerprint density at radius 2 is 1.81 bits per heavy atom. The molecule has 0 bridgehead atoms. The lowest BCUT2D eigenvalue weighted by molar-refractivity contribution is -0.142. The number of sulfonamides is 1. The molecule has 1 fully saturated rings. The molecule has 1 saturated carbocycles. The molecule has 0 heterocycles. The Morgan fingerprint density at radius 1 is 1.19 bits per heavy atom. The van der Waals surface area contributed by atoms with Gasteiger partial charge >= 0.3 is 6.18 Å². The van der Waals surface area contributed by atoms with Crippen LogP contribution in [0.2, 0.25) is 0 Å². The molecule has 2 rings (SSSR count). The Labute approximate surface area is 180 Å². The molecule has 0 aromatic heterocycles. The normalized spacial score (nSPS) is 17.0. The Morgan fingerprint density at radius 3 is 2.35 bits per heavy atom. The van der Waals surface area contributed by atoms with Gasteiger partial charge in [0.1, 0.15) is 5.72 Å². The third kappa shape index (κ3) is 6.64. The maximum Gasteiger partial charge on any atom is 0.416 e. The van der Waals surface area contributed by atoms with Crippen LogP contribution in [0.3, 0.4) is 0 Å². The minimum absolute atomic E-state index is 0.00215. The van der Waals surface area contributed by atoms with E-state index in [1.807, 2.05) is 0 Å². The molecule has 0 saturated heterocycles. The van der Waals surface area contributed by atoms with Crippen molar-refractivity contribution in [1.82, 2.24) is 9.62 Å². The Balaban J connectivity index is 2.14. The van der Waals surface area contributed by atoms with Crippen molar-refractivity contribution in [3.05, 3.63) is 29.8 Å². The monoisotopic (exact) mass is 466 g/mol. The fourth-order valence-corrected chi connectivity index (χ4v) is 5.05. The average Bonchev–Trinajstić information content (AvgIpc) is 2.73. The van der Waals surface area contributed by atoms with E-state index < -0.39 is 27.5 Å². The summed E-state index contributed by atoms with van der Waals surface area (Å²) in [6.45, 7) is 0.299. The van der Waals surface area contributed by atoms with E-state index in [1.165, 1.54) is 7.05 Å². The lowest BCUT2D eigenvalue weighted by atomic mass is 9.91. The van der Waals surface area contributed by atoms with E-state index in [9.17, 15) is 26.4 Å². The number of hydrogen-bond donors (Lipinski definition) is 2. The second-order valence-corrected chi connectivity index (χ2v) is 9.50. The minimum atomic E-state index is -4.56. The molecule has 1 aliphatic carbocycles. The Kier molecular flexibility index (Phi) is 8.87. The van der Waals surface area contributed by atoms with Crippen LogP contribution in [0.15, 0.2) is 29.2 Å². The summed E-state index contributed by atoms with van der Waals surface area (Å²) in [6, 6.07) is 3.37. The molecule has 176 valence electrons. The molecule has 0 atom stereocenters. The number of benzene rings is 1. The summed E-state index contributed by atoms with van der Waals surface area (Å²) in [5.41, 5.74) is -2.09. The molecule has 7 nitrogen and oxygen atoms in total. The summed E-state index contributed by atoms with van der Waals surface area (Å²) in [7, 11) is -2.75. The second-order valence-electron chi connectivity index (χ2n) is 7.53. The molecule has 31 heavy (non-hydrogen) atoms. The van der Waals surface area contributed by atoms with Crippen molar-refractivity contribution in [2.45, 2.75) is 61.7 Å². The van der Waals surface area contributed by atoms with Crippen molar-refractivity contribution in [2.24, 2.45) is 0 Å². The SMILES string of the molecule is CN(C1(OCCC(=O)NCCCO)CCCCC1)S(=O)(=O)c1ccc(C(F)(F)F)cc1. The van der Waals surface area contributed by atoms with Crippen molar-refractivity contribution in [2.75, 3.05) is 26.8 Å². The van der Waals surface area contributed by atoms with Crippen LogP contribution >= 0.6 is 0 Å². The standard InChI is InChI=1S/C20H29F3N2O5S/c1-25(31(28,29)17-8-6-16(7-9-17)20(21,22)23)19(11-3-2-4-12-19)30-15-10-18(27)24-13-5-14-26/h6-9,26H,2-5,10-15H2,1H3,(H,24,27). The topological polar surface area (TPSA) is 95.9 Å². The molecule has 0 radical (unpaired) electrons. The molecule has 0 unspecified atom stereocenters. The predicted octanol–water partition coefficient (Wildman–Crippen LogP) is 2.89. The first-order valence-corrected chi connectivity index (χ1v) is 11.6. The largest absolute Gasteiger partial charge is 0.416 e. The average molecular weight is 467 g/mol. The van der Waals surface area contributed by atoms with Gasteiger partial charge in [-0.15, -0.1) is 0 Å². The van der Waals surface area contributed by atoms with Gasteiger partial charge in [-0.25, -0.2) is 8.42 Å². The summed E-state index contributed by atoms with van der Waals surface area (Å²) in [5, 5.41) is 11.4. The fraction of sp³-hybridized carbons (Fsp3) is 0.650. The van der Waals surface area contributed by atoms with Gasteiger partial charge in [0.25, 0.3) is 0 Å². The first kappa shape index (κ1) is 25.6. The number of carbonyl (C=O) groups is 1. The summed E-state index contributed by atoms with van der Waals surface area (Å²) < 4.78 is 71.7. The summed E-state index contributed by atoms with van der Waals surface area (Å²) in [5.74, 6) is -0.271. The molecule has 1 aliphatic rings. The van der Waals surface area contributed by atoms with Crippen LogP contribution in [0, 0.1) is 0 Å². The fourth-order valence-electron chi connectivity index (χ4n) is 3.58. The number of carbonyl (C=O) groups excluding carboxylic acids is 1. The number of hydrogen-bond acceptors (Lipinski definition) is 5. The number of nitrogens with one attached hydrogen (secondary N) is 1. The molecular formula is C20H29F3N2O5S. The number of ether oxygens (including phenoxy) is 1. The predicted molar refractivity (Wildman–Crippen MR) is 107 cm³/mol. The first-order chi connectivity index (χ1) is 14.5. The van der Waals surface area contributed by atoms with E-state index in [0.717, 1.165) is 47.8 Å². The maximum absolute atomic E-state index is 13.1. The van der Waals surface area contributed by atoms with E-state index in [1.54, 1.807) is 0 Å². The van der Waals surface area contributed by atoms with E-state index in [0.29, 0.717) is 25.8 Å². The number of halogens is 3. The van der Waals surface area contributed by atoms with Gasteiger partial charge in [-0.1, -0.05) is 6.42 Å². The highest BCUT2D eigenvalue weighted by atomic mass is 32.2. The van der Waals surface area contributed by atoms with Crippen molar-refractivity contribution >= 4 is 15.9 Å². The molecule has 1 aromatic carbocycles. The number of aliphatic hydroxyl groups is 1. The van der Waals surface area contributed by atoms with Crippen LogP contribution < -0.4 is 5.32 Å². The van der Waals surface area contributed by atoms with E-state index in [-0.39, 0.29) is 30.4 Å². The van der Waals surface area contributed by atoms with Gasteiger partial charge in [0, 0.05) is 20.2 Å². The van der Waals surface area contributed by atoms with E-state index in [2.05, 4.69) is 5.32 Å². The highest BCUT2D eigenvalue weighted by Gasteiger charge is 2.43. The molecule has 0 aliphatic heterocycles. The quantitative estimate of drug-likeness (QED) is 0.408. The van der Waals surface area contributed by atoms with Crippen molar-refractivity contribution in [3.8, 4) is 0 Å². The first-order valence-electron chi connectivity index (χ1n) is 10.2. The highest BCUT2D eigenvalue weighted by molar-refractivity contribution is 7.89. The van der Waals surface area contributed by atoms with Crippen molar-refractivity contribution in [1.29, 1.82) is 0 Å². The smallest absolute Gasteiger partial charge is 0.396 e. The van der Waals surface area contributed by atoms with Crippen molar-refractivity contribution < 1.29 is 36.2 Å². The van der Waals surface area contributed by atoms with E-state index in [4.69, 9.17) is 9.84 Å². The van der Waals surface area contributed by atoms with Crippen LogP contribution in [0.25, 0.3) is 0 Å². The molecule has 2 N–H and O–H groups in total. The lowest BCUT2D eigenvalue weighted by Gasteiger charge is -2.43. The third-order valence-corrected chi connectivity index (χ3v) is 7.33.